The number of hydrogen-bond donors (Lipinski definition) is 2. The van der Waals surface area contributed by atoms with E-state index in [1.165, 1.54) is 7.11 Å². The van der Waals surface area contributed by atoms with Gasteiger partial charge >= 0.3 is 5.97 Å². The van der Waals surface area contributed by atoms with Crippen LogP contribution < -0.4 is 10.6 Å². The van der Waals surface area contributed by atoms with E-state index in [1.807, 2.05) is 6.07 Å². The van der Waals surface area contributed by atoms with E-state index in [0.717, 1.165) is 11.1 Å². The van der Waals surface area contributed by atoms with Crippen LogP contribution in [0.25, 0.3) is 11.3 Å². The normalized spacial score (nSPS) is 12.3. The van der Waals surface area contributed by atoms with Crippen molar-refractivity contribution in [3.63, 3.8) is 0 Å². The first-order valence-corrected chi connectivity index (χ1v) is 8.82. The van der Waals surface area contributed by atoms with Gasteiger partial charge in [-0.05, 0) is 42.5 Å². The first kappa shape index (κ1) is 17.9. The molecule has 2 heterocycles. The summed E-state index contributed by atoms with van der Waals surface area (Å²) in [4.78, 5) is 32.6. The number of rotatable bonds is 3. The number of esters is 1. The summed E-state index contributed by atoms with van der Waals surface area (Å²) in [6.07, 6.45) is 1.81. The molecule has 140 valence electrons. The maximum atomic E-state index is 12.1. The number of hydrogen-bond acceptors (Lipinski definition) is 6. The van der Waals surface area contributed by atoms with Crippen molar-refractivity contribution in [2.45, 2.75) is 6.42 Å². The smallest absolute Gasteiger partial charge is 0.337 e. The van der Waals surface area contributed by atoms with Crippen LogP contribution >= 0.6 is 11.6 Å². The summed E-state index contributed by atoms with van der Waals surface area (Å²) < 4.78 is 4.69. The summed E-state index contributed by atoms with van der Waals surface area (Å²) in [5.41, 5.74) is 3.94. The van der Waals surface area contributed by atoms with E-state index in [0.29, 0.717) is 33.6 Å². The van der Waals surface area contributed by atoms with Crippen LogP contribution in [0.15, 0.2) is 48.7 Å². The third kappa shape index (κ3) is 3.52. The number of aromatic nitrogens is 2. The average molecular weight is 395 g/mol. The Morgan fingerprint density at radius 3 is 2.75 bits per heavy atom. The van der Waals surface area contributed by atoms with Gasteiger partial charge < -0.3 is 15.4 Å². The van der Waals surface area contributed by atoms with E-state index in [2.05, 4.69) is 20.6 Å². The summed E-state index contributed by atoms with van der Waals surface area (Å²) in [5, 5.41) is 6.48. The van der Waals surface area contributed by atoms with E-state index in [4.69, 9.17) is 16.3 Å². The predicted octanol–water partition coefficient (Wildman–Crippen LogP) is 3.82. The Morgan fingerprint density at radius 2 is 2.00 bits per heavy atom. The van der Waals surface area contributed by atoms with Gasteiger partial charge in [0.15, 0.2) is 0 Å². The van der Waals surface area contributed by atoms with Crippen molar-refractivity contribution in [3.8, 4) is 11.3 Å². The average Bonchev–Trinajstić information content (AvgIpc) is 2.82. The lowest BCUT2D eigenvalue weighted by molar-refractivity contribution is -0.115. The van der Waals surface area contributed by atoms with Crippen LogP contribution in [0.5, 0.6) is 0 Å². The highest BCUT2D eigenvalue weighted by molar-refractivity contribution is 6.31. The number of carbonyl (C=O) groups excluding carboxylic acids is 2. The molecule has 0 aliphatic carbocycles. The minimum atomic E-state index is -0.403. The fraction of sp³-hybridized carbons (Fsp3) is 0.100. The van der Waals surface area contributed by atoms with Crippen LogP contribution in [0.3, 0.4) is 0 Å². The maximum Gasteiger partial charge on any atom is 0.337 e. The summed E-state index contributed by atoms with van der Waals surface area (Å²) in [6.45, 7) is 0. The molecule has 28 heavy (non-hydrogen) atoms. The second kappa shape index (κ2) is 7.28. The number of carbonyl (C=O) groups is 2. The molecule has 4 rings (SSSR count). The molecular weight excluding hydrogens is 380 g/mol. The van der Waals surface area contributed by atoms with Crippen LogP contribution in [0.1, 0.15) is 15.9 Å². The van der Waals surface area contributed by atoms with Crippen LogP contribution in [-0.4, -0.2) is 29.0 Å². The highest BCUT2D eigenvalue weighted by atomic mass is 35.5. The van der Waals surface area contributed by atoms with Crippen LogP contribution in [0.4, 0.5) is 17.3 Å². The van der Waals surface area contributed by atoms with E-state index in [1.54, 1.807) is 42.6 Å². The van der Waals surface area contributed by atoms with Crippen molar-refractivity contribution in [2.75, 3.05) is 17.7 Å². The Kier molecular flexibility index (Phi) is 4.67. The molecule has 0 saturated heterocycles. The molecule has 0 fully saturated rings. The Morgan fingerprint density at radius 1 is 1.21 bits per heavy atom. The lowest BCUT2D eigenvalue weighted by Gasteiger charge is -2.11. The fourth-order valence-corrected chi connectivity index (χ4v) is 3.13. The standard InChI is InChI=1S/C20H15ClN4O3/c1-28-19(27)11-2-5-14(6-3-11)23-20-22-10-12-8-17(26)24-16-9-13(21)4-7-15(16)18(12)25-20/h2-7,9-10H,8H2,1H3,(H,24,26)(H,22,23,25). The molecule has 0 saturated carbocycles. The second-order valence-electron chi connectivity index (χ2n) is 6.18. The topological polar surface area (TPSA) is 93.2 Å². The van der Waals surface area contributed by atoms with E-state index < -0.39 is 5.97 Å². The molecule has 0 bridgehead atoms. The molecular formula is C20H15ClN4O3. The van der Waals surface area contributed by atoms with Gasteiger partial charge in [-0.3, -0.25) is 4.79 Å². The van der Waals surface area contributed by atoms with E-state index in [9.17, 15) is 9.59 Å². The second-order valence-corrected chi connectivity index (χ2v) is 6.61. The molecule has 1 aromatic heterocycles. The SMILES string of the molecule is COC(=O)c1ccc(Nc2ncc3c(n2)-c2ccc(Cl)cc2NC(=O)C3)cc1. The molecule has 1 aliphatic heterocycles. The Labute approximate surface area is 165 Å². The summed E-state index contributed by atoms with van der Waals surface area (Å²) in [6, 6.07) is 12.0. The third-order valence-electron chi connectivity index (χ3n) is 4.29. The number of anilines is 3. The maximum absolute atomic E-state index is 12.1. The van der Waals surface area contributed by atoms with Crippen molar-refractivity contribution in [1.82, 2.24) is 9.97 Å². The lowest BCUT2D eigenvalue weighted by atomic mass is 10.1. The number of methoxy groups -OCH3 is 1. The van der Waals surface area contributed by atoms with Gasteiger partial charge in [0, 0.05) is 28.0 Å². The van der Waals surface area contributed by atoms with Gasteiger partial charge in [-0.1, -0.05) is 11.6 Å². The lowest BCUT2D eigenvalue weighted by Crippen LogP contribution is -2.12. The van der Waals surface area contributed by atoms with Gasteiger partial charge in [0.2, 0.25) is 11.9 Å². The van der Waals surface area contributed by atoms with E-state index in [-0.39, 0.29) is 12.3 Å². The molecule has 7 nitrogen and oxygen atoms in total. The highest BCUT2D eigenvalue weighted by Gasteiger charge is 2.21. The highest BCUT2D eigenvalue weighted by Crippen LogP contribution is 2.34. The minimum absolute atomic E-state index is 0.148. The summed E-state index contributed by atoms with van der Waals surface area (Å²) in [7, 11) is 1.34. The van der Waals surface area contributed by atoms with Gasteiger partial charge in [0.1, 0.15) is 0 Å². The van der Waals surface area contributed by atoms with Gasteiger partial charge in [0.25, 0.3) is 0 Å². The van der Waals surface area contributed by atoms with Crippen molar-refractivity contribution >= 4 is 40.8 Å². The van der Waals surface area contributed by atoms with Gasteiger partial charge in [-0.15, -0.1) is 0 Å². The Bertz CT molecular complexity index is 1080. The van der Waals surface area contributed by atoms with Gasteiger partial charge in [-0.2, -0.15) is 0 Å². The molecule has 8 heteroatoms. The fourth-order valence-electron chi connectivity index (χ4n) is 2.96. The van der Waals surface area contributed by atoms with Crippen LogP contribution in [0.2, 0.25) is 5.02 Å². The molecule has 3 aromatic rings. The zero-order chi connectivity index (χ0) is 19.7. The monoisotopic (exact) mass is 394 g/mol. The Hall–Kier alpha value is -3.45. The molecule has 0 unspecified atom stereocenters. The zero-order valence-corrected chi connectivity index (χ0v) is 15.6. The summed E-state index contributed by atoms with van der Waals surface area (Å²) >= 11 is 6.06. The predicted molar refractivity (Wildman–Crippen MR) is 106 cm³/mol. The number of nitrogens with one attached hydrogen (secondary N) is 2. The first-order valence-electron chi connectivity index (χ1n) is 8.44. The first-order chi connectivity index (χ1) is 13.5. The minimum Gasteiger partial charge on any atom is -0.465 e. The number of ether oxygens (including phenoxy) is 1. The number of amides is 1. The summed E-state index contributed by atoms with van der Waals surface area (Å²) in [5.74, 6) is -0.176. The molecule has 0 radical (unpaired) electrons. The zero-order valence-electron chi connectivity index (χ0n) is 14.8. The quantitative estimate of drug-likeness (QED) is 0.656. The van der Waals surface area contributed by atoms with Crippen molar-refractivity contribution in [3.05, 3.63) is 64.8 Å². The van der Waals surface area contributed by atoms with E-state index >= 15 is 0 Å². The number of nitrogens with zero attached hydrogens (tertiary/aromatic N) is 2. The number of benzene rings is 2. The Balaban J connectivity index is 1.68. The third-order valence-corrected chi connectivity index (χ3v) is 4.52. The molecule has 2 N–H and O–H groups in total. The van der Waals surface area contributed by atoms with Gasteiger partial charge in [-0.25, -0.2) is 14.8 Å². The van der Waals surface area contributed by atoms with Crippen LogP contribution in [-0.2, 0) is 16.0 Å². The largest absolute Gasteiger partial charge is 0.465 e. The number of fused-ring (bicyclic) bond motifs is 3. The van der Waals surface area contributed by atoms with Crippen molar-refractivity contribution in [2.24, 2.45) is 0 Å². The molecule has 2 aromatic carbocycles. The van der Waals surface area contributed by atoms with Gasteiger partial charge in [0.05, 0.1) is 30.5 Å². The van der Waals surface area contributed by atoms with Crippen molar-refractivity contribution < 1.29 is 14.3 Å². The molecule has 0 atom stereocenters. The van der Waals surface area contributed by atoms with Crippen LogP contribution in [0, 0.1) is 0 Å². The molecule has 0 spiro atoms. The molecule has 1 amide bonds. The number of halogens is 1. The molecule has 1 aliphatic rings. The van der Waals surface area contributed by atoms with Crippen molar-refractivity contribution in [1.29, 1.82) is 0 Å².